The molecule has 0 aliphatic carbocycles. The van der Waals surface area contributed by atoms with Crippen molar-refractivity contribution >= 4 is 22.7 Å². The summed E-state index contributed by atoms with van der Waals surface area (Å²) in [5.41, 5.74) is 8.49. The number of nitrogens with one attached hydrogen (secondary N) is 2. The molecule has 3 rings (SSSR count). The van der Waals surface area contributed by atoms with Gasteiger partial charge in [0.2, 0.25) is 0 Å². The number of rotatable bonds is 4. The standard InChI is InChI=1S/C11H17N3.C6H5N3/c1-2-3-9-13-11(12)14-10-7-5-4-6-8-10;1-2-4-6-5(3-1)7-9-8-6/h4-8H,2-3,9H2,1H3,(H3,12,13,14);1-4H,(H,7,8,9). The van der Waals surface area contributed by atoms with Gasteiger partial charge in [-0.1, -0.05) is 43.7 Å². The van der Waals surface area contributed by atoms with E-state index >= 15 is 0 Å². The average Bonchev–Trinajstić information content (AvgIpc) is 3.05. The second kappa shape index (κ2) is 9.19. The quantitative estimate of drug-likeness (QED) is 0.392. The Balaban J connectivity index is 0.000000182. The Hall–Kier alpha value is -2.89. The van der Waals surface area contributed by atoms with Crippen LogP contribution in [0.3, 0.4) is 0 Å². The second-order valence-corrected chi connectivity index (χ2v) is 4.92. The van der Waals surface area contributed by atoms with Gasteiger partial charge >= 0.3 is 0 Å². The summed E-state index contributed by atoms with van der Waals surface area (Å²) in [6, 6.07) is 17.5. The predicted octanol–water partition coefficient (Wildman–Crippen LogP) is 3.17. The van der Waals surface area contributed by atoms with Crippen LogP contribution in [-0.2, 0) is 0 Å². The van der Waals surface area contributed by atoms with Gasteiger partial charge in [-0.3, -0.25) is 4.99 Å². The van der Waals surface area contributed by atoms with E-state index in [-0.39, 0.29) is 0 Å². The summed E-state index contributed by atoms with van der Waals surface area (Å²) in [5.74, 6) is 0.490. The van der Waals surface area contributed by atoms with E-state index in [0.717, 1.165) is 36.1 Å². The van der Waals surface area contributed by atoms with Gasteiger partial charge in [-0.05, 0) is 30.7 Å². The van der Waals surface area contributed by atoms with E-state index in [4.69, 9.17) is 5.73 Å². The Morgan fingerprint density at radius 2 is 1.65 bits per heavy atom. The lowest BCUT2D eigenvalue weighted by molar-refractivity contribution is 0.807. The van der Waals surface area contributed by atoms with Crippen LogP contribution >= 0.6 is 0 Å². The molecule has 6 nitrogen and oxygen atoms in total. The molecule has 0 bridgehead atoms. The van der Waals surface area contributed by atoms with Crippen molar-refractivity contribution in [1.29, 1.82) is 0 Å². The van der Waals surface area contributed by atoms with Crippen molar-refractivity contribution in [2.45, 2.75) is 19.8 Å². The number of fused-ring (bicyclic) bond motifs is 1. The third kappa shape index (κ3) is 5.78. The van der Waals surface area contributed by atoms with Crippen LogP contribution in [0.4, 0.5) is 5.69 Å². The molecule has 0 atom stereocenters. The van der Waals surface area contributed by atoms with Crippen LogP contribution in [0.25, 0.3) is 11.0 Å². The molecule has 0 aliphatic heterocycles. The largest absolute Gasteiger partial charge is 0.370 e. The molecule has 0 saturated carbocycles. The summed E-state index contributed by atoms with van der Waals surface area (Å²) in [6.45, 7) is 2.93. The lowest BCUT2D eigenvalue weighted by atomic mass is 10.3. The Morgan fingerprint density at radius 1 is 1.04 bits per heavy atom. The number of benzene rings is 2. The zero-order valence-electron chi connectivity index (χ0n) is 13.2. The van der Waals surface area contributed by atoms with Gasteiger partial charge in [-0.25, -0.2) is 0 Å². The fraction of sp³-hybridized carbons (Fsp3) is 0.235. The molecule has 1 heterocycles. The number of guanidine groups is 1. The van der Waals surface area contributed by atoms with Crippen molar-refractivity contribution in [3.63, 3.8) is 0 Å². The number of H-pyrrole nitrogens is 1. The number of nitrogens with zero attached hydrogens (tertiary/aromatic N) is 3. The zero-order valence-corrected chi connectivity index (χ0v) is 13.2. The summed E-state index contributed by atoms with van der Waals surface area (Å²) < 4.78 is 0. The van der Waals surface area contributed by atoms with Gasteiger partial charge in [0.1, 0.15) is 11.0 Å². The number of hydrogen-bond acceptors (Lipinski definition) is 3. The summed E-state index contributed by atoms with van der Waals surface area (Å²) in [5, 5.41) is 13.3. The van der Waals surface area contributed by atoms with Gasteiger partial charge in [-0.2, -0.15) is 15.4 Å². The topological polar surface area (TPSA) is 92.0 Å². The number of unbranched alkanes of at least 4 members (excludes halogenated alkanes) is 1. The molecule has 0 radical (unpaired) electrons. The molecule has 3 aromatic rings. The molecular weight excluding hydrogens is 288 g/mol. The third-order valence-electron chi connectivity index (χ3n) is 3.06. The van der Waals surface area contributed by atoms with E-state index in [1.807, 2.05) is 54.6 Å². The number of hydrogen-bond donors (Lipinski definition) is 3. The maximum Gasteiger partial charge on any atom is 0.193 e. The first-order chi connectivity index (χ1) is 11.3. The Labute approximate surface area is 135 Å². The number of nitrogens with two attached hydrogens (primary N) is 1. The number of aromatic amines is 1. The Kier molecular flexibility index (Phi) is 6.59. The summed E-state index contributed by atoms with van der Waals surface area (Å²) in [4.78, 5) is 4.19. The first-order valence-electron chi connectivity index (χ1n) is 7.67. The molecule has 0 aliphatic rings. The molecule has 6 heteroatoms. The minimum atomic E-state index is 0.490. The Bertz CT molecular complexity index is 690. The van der Waals surface area contributed by atoms with Crippen molar-refractivity contribution in [2.75, 3.05) is 11.9 Å². The molecule has 2 aromatic carbocycles. The van der Waals surface area contributed by atoms with E-state index < -0.39 is 0 Å². The maximum atomic E-state index is 5.69. The highest BCUT2D eigenvalue weighted by Gasteiger charge is 1.92. The molecule has 23 heavy (non-hydrogen) atoms. The highest BCUT2D eigenvalue weighted by Crippen LogP contribution is 2.04. The van der Waals surface area contributed by atoms with Crippen molar-refractivity contribution in [3.8, 4) is 0 Å². The first-order valence-corrected chi connectivity index (χ1v) is 7.67. The second-order valence-electron chi connectivity index (χ2n) is 4.92. The van der Waals surface area contributed by atoms with Crippen LogP contribution in [0.5, 0.6) is 0 Å². The normalized spacial score (nSPS) is 10.9. The lowest BCUT2D eigenvalue weighted by Gasteiger charge is -2.04. The smallest absolute Gasteiger partial charge is 0.193 e. The number of anilines is 1. The van der Waals surface area contributed by atoms with E-state index in [0.29, 0.717) is 5.96 Å². The zero-order chi connectivity index (χ0) is 16.3. The van der Waals surface area contributed by atoms with Crippen molar-refractivity contribution in [3.05, 3.63) is 54.6 Å². The van der Waals surface area contributed by atoms with Crippen LogP contribution in [0.15, 0.2) is 59.6 Å². The summed E-state index contributed by atoms with van der Waals surface area (Å²) in [6.07, 6.45) is 2.22. The molecule has 0 saturated heterocycles. The molecule has 120 valence electrons. The molecule has 0 spiro atoms. The van der Waals surface area contributed by atoms with E-state index in [1.54, 1.807) is 0 Å². The van der Waals surface area contributed by atoms with Gasteiger partial charge in [0.25, 0.3) is 0 Å². The van der Waals surface area contributed by atoms with Crippen molar-refractivity contribution < 1.29 is 0 Å². The van der Waals surface area contributed by atoms with E-state index in [9.17, 15) is 0 Å². The Morgan fingerprint density at radius 3 is 2.26 bits per heavy atom. The fourth-order valence-corrected chi connectivity index (χ4v) is 1.85. The first kappa shape index (κ1) is 16.5. The molecule has 0 unspecified atom stereocenters. The number of aliphatic imine (C=N–C) groups is 1. The number of para-hydroxylation sites is 3. The molecule has 0 amide bonds. The number of aromatic nitrogens is 3. The lowest BCUT2D eigenvalue weighted by Crippen LogP contribution is -2.22. The van der Waals surface area contributed by atoms with Crippen LogP contribution < -0.4 is 11.1 Å². The minimum Gasteiger partial charge on any atom is -0.370 e. The highest BCUT2D eigenvalue weighted by atomic mass is 15.3. The SMILES string of the molecule is CCCCN=C(N)Nc1ccccc1.c1ccc2n[nH]nc2c1. The summed E-state index contributed by atoms with van der Waals surface area (Å²) >= 11 is 0. The van der Waals surface area contributed by atoms with E-state index in [2.05, 4.69) is 32.6 Å². The van der Waals surface area contributed by atoms with Crippen LogP contribution in [0, 0.1) is 0 Å². The van der Waals surface area contributed by atoms with Gasteiger partial charge in [0, 0.05) is 12.2 Å². The minimum absolute atomic E-state index is 0.490. The third-order valence-corrected chi connectivity index (χ3v) is 3.06. The molecule has 0 fully saturated rings. The van der Waals surface area contributed by atoms with Crippen LogP contribution in [-0.4, -0.2) is 27.9 Å². The van der Waals surface area contributed by atoms with Gasteiger partial charge < -0.3 is 11.1 Å². The predicted molar refractivity (Wildman–Crippen MR) is 95.4 cm³/mol. The molecule has 1 aromatic heterocycles. The summed E-state index contributed by atoms with van der Waals surface area (Å²) in [7, 11) is 0. The van der Waals surface area contributed by atoms with Crippen LogP contribution in [0.2, 0.25) is 0 Å². The van der Waals surface area contributed by atoms with Gasteiger partial charge in [0.15, 0.2) is 5.96 Å². The monoisotopic (exact) mass is 310 g/mol. The fourth-order valence-electron chi connectivity index (χ4n) is 1.85. The van der Waals surface area contributed by atoms with Crippen molar-refractivity contribution in [2.24, 2.45) is 10.7 Å². The maximum absolute atomic E-state index is 5.69. The average molecular weight is 310 g/mol. The van der Waals surface area contributed by atoms with Gasteiger partial charge in [-0.15, -0.1) is 0 Å². The van der Waals surface area contributed by atoms with Crippen molar-refractivity contribution in [1.82, 2.24) is 15.4 Å². The van der Waals surface area contributed by atoms with Gasteiger partial charge in [0.05, 0.1) is 0 Å². The van der Waals surface area contributed by atoms with Crippen LogP contribution in [0.1, 0.15) is 19.8 Å². The molecule has 4 N–H and O–H groups in total. The van der Waals surface area contributed by atoms with E-state index in [1.165, 1.54) is 0 Å². The highest BCUT2D eigenvalue weighted by molar-refractivity contribution is 5.92. The molecular formula is C17H22N6.